The van der Waals surface area contributed by atoms with E-state index in [0.717, 1.165) is 0 Å². The average molecular weight is 246 g/mol. The van der Waals surface area contributed by atoms with Crippen molar-refractivity contribution in [3.8, 4) is 6.07 Å². The van der Waals surface area contributed by atoms with Crippen LogP contribution in [0.25, 0.3) is 0 Å². The third kappa shape index (κ3) is 2.49. The number of benzene rings is 1. The minimum Gasteiger partial charge on any atom is -0.210 e. The SMILES string of the molecule is N#Cc1cccc(Br)c1CC(F)F. The van der Waals surface area contributed by atoms with Gasteiger partial charge in [-0.2, -0.15) is 5.26 Å². The van der Waals surface area contributed by atoms with Gasteiger partial charge >= 0.3 is 0 Å². The average Bonchev–Trinajstić information content (AvgIpc) is 2.08. The van der Waals surface area contributed by atoms with Crippen LogP contribution >= 0.6 is 15.9 Å². The third-order valence-electron chi connectivity index (χ3n) is 1.60. The van der Waals surface area contributed by atoms with Gasteiger partial charge in [0.1, 0.15) is 0 Å². The van der Waals surface area contributed by atoms with Gasteiger partial charge in [-0.15, -0.1) is 0 Å². The lowest BCUT2D eigenvalue weighted by molar-refractivity contribution is 0.149. The van der Waals surface area contributed by atoms with Crippen LogP contribution in [0, 0.1) is 11.3 Å². The van der Waals surface area contributed by atoms with Gasteiger partial charge in [0.05, 0.1) is 11.6 Å². The molecule has 0 aliphatic carbocycles. The van der Waals surface area contributed by atoms with E-state index in [4.69, 9.17) is 5.26 Å². The molecule has 0 aromatic heterocycles. The first-order valence-electron chi connectivity index (χ1n) is 3.60. The van der Waals surface area contributed by atoms with E-state index < -0.39 is 6.43 Å². The topological polar surface area (TPSA) is 23.8 Å². The van der Waals surface area contributed by atoms with Gasteiger partial charge in [0.25, 0.3) is 0 Å². The molecule has 0 heterocycles. The van der Waals surface area contributed by atoms with E-state index in [1.54, 1.807) is 12.1 Å². The molecule has 0 unspecified atom stereocenters. The van der Waals surface area contributed by atoms with Gasteiger partial charge in [-0.3, -0.25) is 0 Å². The summed E-state index contributed by atoms with van der Waals surface area (Å²) in [7, 11) is 0. The number of hydrogen-bond acceptors (Lipinski definition) is 1. The van der Waals surface area contributed by atoms with Crippen LogP contribution in [0.4, 0.5) is 8.78 Å². The number of hydrogen-bond donors (Lipinski definition) is 0. The Hall–Kier alpha value is -0.950. The maximum Gasteiger partial charge on any atom is 0.242 e. The van der Waals surface area contributed by atoms with Gasteiger partial charge in [-0.1, -0.05) is 22.0 Å². The van der Waals surface area contributed by atoms with Gasteiger partial charge in [0.15, 0.2) is 0 Å². The van der Waals surface area contributed by atoms with Crippen molar-refractivity contribution in [1.29, 1.82) is 5.26 Å². The summed E-state index contributed by atoms with van der Waals surface area (Å²) in [6.07, 6.45) is -2.81. The predicted molar refractivity (Wildman–Crippen MR) is 48.6 cm³/mol. The van der Waals surface area contributed by atoms with E-state index in [-0.39, 0.29) is 6.42 Å². The molecular formula is C9H6BrF2N. The van der Waals surface area contributed by atoms with Gasteiger partial charge in [-0.05, 0) is 17.7 Å². The number of rotatable bonds is 2. The van der Waals surface area contributed by atoms with E-state index in [9.17, 15) is 8.78 Å². The summed E-state index contributed by atoms with van der Waals surface area (Å²) in [5.41, 5.74) is 0.676. The minimum absolute atomic E-state index is 0.301. The lowest BCUT2D eigenvalue weighted by atomic mass is 10.1. The number of nitriles is 1. The van der Waals surface area contributed by atoms with Crippen LogP contribution in [0.3, 0.4) is 0 Å². The lowest BCUT2D eigenvalue weighted by Crippen LogP contribution is -2.00. The van der Waals surface area contributed by atoms with Crippen LogP contribution < -0.4 is 0 Å². The molecule has 68 valence electrons. The molecule has 4 heteroatoms. The highest BCUT2D eigenvalue weighted by Gasteiger charge is 2.11. The molecule has 1 aromatic carbocycles. The maximum atomic E-state index is 12.1. The molecule has 1 rings (SSSR count). The fourth-order valence-corrected chi connectivity index (χ4v) is 1.55. The Bertz CT molecular complexity index is 344. The largest absolute Gasteiger partial charge is 0.242 e. The van der Waals surface area contributed by atoms with Crippen LogP contribution in [0.5, 0.6) is 0 Å². The van der Waals surface area contributed by atoms with Crippen molar-refractivity contribution in [3.05, 3.63) is 33.8 Å². The molecule has 1 nitrogen and oxygen atoms in total. The van der Waals surface area contributed by atoms with Gasteiger partial charge in [0.2, 0.25) is 6.43 Å². The number of alkyl halides is 2. The summed E-state index contributed by atoms with van der Waals surface area (Å²) in [6, 6.07) is 6.71. The monoisotopic (exact) mass is 245 g/mol. The highest BCUT2D eigenvalue weighted by molar-refractivity contribution is 9.10. The molecule has 0 radical (unpaired) electrons. The summed E-state index contributed by atoms with van der Waals surface area (Å²) < 4.78 is 24.7. The fraction of sp³-hybridized carbons (Fsp3) is 0.222. The molecule has 0 N–H and O–H groups in total. The highest BCUT2D eigenvalue weighted by atomic mass is 79.9. The second kappa shape index (κ2) is 4.33. The summed E-state index contributed by atoms with van der Waals surface area (Å²) >= 11 is 3.13. The second-order valence-electron chi connectivity index (χ2n) is 2.47. The van der Waals surface area contributed by atoms with Crippen molar-refractivity contribution in [2.24, 2.45) is 0 Å². The Morgan fingerprint density at radius 2 is 2.15 bits per heavy atom. The summed E-state index contributed by atoms with van der Waals surface area (Å²) in [4.78, 5) is 0. The Morgan fingerprint density at radius 3 is 2.69 bits per heavy atom. The van der Waals surface area contributed by atoms with Crippen molar-refractivity contribution < 1.29 is 8.78 Å². The lowest BCUT2D eigenvalue weighted by Gasteiger charge is -2.05. The molecule has 0 fully saturated rings. The molecule has 0 bridgehead atoms. The predicted octanol–water partition coefficient (Wildman–Crippen LogP) is 3.13. The standard InChI is InChI=1S/C9H6BrF2N/c10-8-3-1-2-6(5-13)7(8)4-9(11)12/h1-3,9H,4H2. The fourth-order valence-electron chi connectivity index (χ4n) is 1.03. The Morgan fingerprint density at radius 1 is 1.46 bits per heavy atom. The van der Waals surface area contributed by atoms with Crippen LogP contribution in [-0.4, -0.2) is 6.43 Å². The third-order valence-corrected chi connectivity index (χ3v) is 2.34. The summed E-state index contributed by atoms with van der Waals surface area (Å²) in [5.74, 6) is 0. The normalized spacial score (nSPS) is 10.1. The zero-order valence-electron chi connectivity index (χ0n) is 6.60. The molecule has 13 heavy (non-hydrogen) atoms. The number of halogens is 3. The number of nitrogens with zero attached hydrogens (tertiary/aromatic N) is 1. The quantitative estimate of drug-likeness (QED) is 0.786. The van der Waals surface area contributed by atoms with Crippen molar-refractivity contribution >= 4 is 15.9 Å². The highest BCUT2D eigenvalue weighted by Crippen LogP contribution is 2.22. The van der Waals surface area contributed by atoms with Crippen LogP contribution in [0.15, 0.2) is 22.7 Å². The molecule has 0 aliphatic heterocycles. The van der Waals surface area contributed by atoms with Gasteiger partial charge < -0.3 is 0 Å². The van der Waals surface area contributed by atoms with E-state index >= 15 is 0 Å². The van der Waals surface area contributed by atoms with Crippen molar-refractivity contribution in [2.45, 2.75) is 12.8 Å². The van der Waals surface area contributed by atoms with Crippen molar-refractivity contribution in [2.75, 3.05) is 0 Å². The van der Waals surface area contributed by atoms with E-state index in [2.05, 4.69) is 15.9 Å². The van der Waals surface area contributed by atoms with Crippen LogP contribution in [0.2, 0.25) is 0 Å². The molecule has 0 atom stereocenters. The van der Waals surface area contributed by atoms with Crippen molar-refractivity contribution in [3.63, 3.8) is 0 Å². The minimum atomic E-state index is -2.43. The molecule has 0 aliphatic rings. The van der Waals surface area contributed by atoms with Gasteiger partial charge in [0, 0.05) is 10.9 Å². The first-order valence-corrected chi connectivity index (χ1v) is 4.40. The van der Waals surface area contributed by atoms with Crippen LogP contribution in [0.1, 0.15) is 11.1 Å². The van der Waals surface area contributed by atoms with Crippen LogP contribution in [-0.2, 0) is 6.42 Å². The Balaban J connectivity index is 3.10. The molecule has 0 spiro atoms. The molecular weight excluding hydrogens is 240 g/mol. The maximum absolute atomic E-state index is 12.1. The Labute approximate surface area is 83.1 Å². The van der Waals surface area contributed by atoms with E-state index in [1.165, 1.54) is 6.07 Å². The molecule has 0 saturated carbocycles. The smallest absolute Gasteiger partial charge is 0.210 e. The first kappa shape index (κ1) is 10.1. The Kier molecular flexibility index (Phi) is 3.38. The van der Waals surface area contributed by atoms with Gasteiger partial charge in [-0.25, -0.2) is 8.78 Å². The zero-order valence-corrected chi connectivity index (χ0v) is 8.18. The molecule has 0 amide bonds. The van der Waals surface area contributed by atoms with E-state index in [0.29, 0.717) is 15.6 Å². The first-order chi connectivity index (χ1) is 6.15. The summed E-state index contributed by atoms with van der Waals surface area (Å²) in [5, 5.41) is 8.64. The summed E-state index contributed by atoms with van der Waals surface area (Å²) in [6.45, 7) is 0. The second-order valence-corrected chi connectivity index (χ2v) is 3.33. The zero-order chi connectivity index (χ0) is 9.84. The molecule has 0 saturated heterocycles. The molecule has 1 aromatic rings. The van der Waals surface area contributed by atoms with Crippen molar-refractivity contribution in [1.82, 2.24) is 0 Å². The van der Waals surface area contributed by atoms with E-state index in [1.807, 2.05) is 6.07 Å².